The smallest absolute Gasteiger partial charge is 0.288 e. The Morgan fingerprint density at radius 3 is 2.75 bits per heavy atom. The monoisotopic (exact) mass is 297 g/mol. The molecule has 7 heteroatoms. The summed E-state index contributed by atoms with van der Waals surface area (Å²) < 4.78 is 0. The molecule has 0 saturated carbocycles. The van der Waals surface area contributed by atoms with Crippen LogP contribution in [0.1, 0.15) is 18.4 Å². The normalized spacial score (nSPS) is 14.6. The molecular weight excluding hydrogens is 282 g/mol. The second-order valence-corrected chi connectivity index (χ2v) is 5.14. The number of halogens is 1. The minimum Gasteiger partial charge on any atom is -0.342 e. The van der Waals surface area contributed by atoms with Crippen LogP contribution >= 0.6 is 11.6 Å². The van der Waals surface area contributed by atoms with Crippen LogP contribution < -0.4 is 5.32 Å². The Kier molecular flexibility index (Phi) is 4.92. The van der Waals surface area contributed by atoms with Gasteiger partial charge in [-0.1, -0.05) is 17.7 Å². The van der Waals surface area contributed by atoms with E-state index in [0.717, 1.165) is 31.5 Å². The summed E-state index contributed by atoms with van der Waals surface area (Å²) >= 11 is 5.74. The molecule has 0 bridgehead atoms. The molecule has 0 aromatic heterocycles. The van der Waals surface area contributed by atoms with Crippen LogP contribution in [0.4, 0.5) is 5.69 Å². The van der Waals surface area contributed by atoms with E-state index in [-0.39, 0.29) is 23.2 Å². The summed E-state index contributed by atoms with van der Waals surface area (Å²) in [5.74, 6) is 0.0750. The molecule has 1 aromatic rings. The van der Waals surface area contributed by atoms with Crippen molar-refractivity contribution < 1.29 is 9.72 Å². The molecule has 108 valence electrons. The minimum atomic E-state index is -0.513. The summed E-state index contributed by atoms with van der Waals surface area (Å²) in [5.41, 5.74) is 0.618. The maximum atomic E-state index is 11.8. The number of nitrogens with one attached hydrogen (secondary N) is 1. The SMILES string of the molecule is O=C(CNCc1ccc(Cl)c([N+](=O)[O-])c1)N1CCCC1. The van der Waals surface area contributed by atoms with Crippen molar-refractivity contribution in [2.45, 2.75) is 19.4 Å². The quantitative estimate of drug-likeness (QED) is 0.666. The molecule has 1 aliphatic heterocycles. The van der Waals surface area contributed by atoms with E-state index in [2.05, 4.69) is 5.32 Å². The van der Waals surface area contributed by atoms with Crippen molar-refractivity contribution in [3.8, 4) is 0 Å². The zero-order valence-electron chi connectivity index (χ0n) is 11.0. The Hall–Kier alpha value is -1.66. The van der Waals surface area contributed by atoms with Crippen molar-refractivity contribution in [3.63, 3.8) is 0 Å². The Balaban J connectivity index is 1.86. The zero-order chi connectivity index (χ0) is 14.5. The highest BCUT2D eigenvalue weighted by Gasteiger charge is 2.17. The van der Waals surface area contributed by atoms with Crippen LogP contribution in [0.25, 0.3) is 0 Å². The third-order valence-electron chi connectivity index (χ3n) is 3.27. The fourth-order valence-corrected chi connectivity index (χ4v) is 2.39. The van der Waals surface area contributed by atoms with Crippen molar-refractivity contribution in [2.24, 2.45) is 0 Å². The van der Waals surface area contributed by atoms with Crippen molar-refractivity contribution in [3.05, 3.63) is 38.9 Å². The lowest BCUT2D eigenvalue weighted by Crippen LogP contribution is -2.35. The van der Waals surface area contributed by atoms with E-state index in [1.54, 1.807) is 6.07 Å². The Bertz CT molecular complexity index is 516. The molecule has 0 spiro atoms. The van der Waals surface area contributed by atoms with Crippen LogP contribution in [0.2, 0.25) is 5.02 Å². The molecule has 0 unspecified atom stereocenters. The molecule has 2 rings (SSSR count). The molecule has 0 atom stereocenters. The van der Waals surface area contributed by atoms with Crippen molar-refractivity contribution in [1.82, 2.24) is 10.2 Å². The first-order valence-electron chi connectivity index (χ1n) is 6.49. The summed E-state index contributed by atoms with van der Waals surface area (Å²) in [6, 6.07) is 4.64. The number of nitro benzene ring substituents is 1. The number of carbonyl (C=O) groups is 1. The maximum absolute atomic E-state index is 11.8. The van der Waals surface area contributed by atoms with Crippen LogP contribution in [0.3, 0.4) is 0 Å². The van der Waals surface area contributed by atoms with E-state index in [9.17, 15) is 14.9 Å². The Morgan fingerprint density at radius 2 is 2.10 bits per heavy atom. The van der Waals surface area contributed by atoms with Crippen molar-refractivity contribution >= 4 is 23.2 Å². The molecule has 0 radical (unpaired) electrons. The van der Waals surface area contributed by atoms with E-state index >= 15 is 0 Å². The lowest BCUT2D eigenvalue weighted by molar-refractivity contribution is -0.384. The third-order valence-corrected chi connectivity index (χ3v) is 3.59. The predicted octanol–water partition coefficient (Wildman–Crippen LogP) is 1.96. The molecule has 1 aliphatic rings. The number of benzene rings is 1. The highest BCUT2D eigenvalue weighted by atomic mass is 35.5. The average molecular weight is 298 g/mol. The molecule has 1 aromatic carbocycles. The average Bonchev–Trinajstić information content (AvgIpc) is 2.94. The number of likely N-dealkylation sites (tertiary alicyclic amines) is 1. The fraction of sp³-hybridized carbons (Fsp3) is 0.462. The molecule has 0 aliphatic carbocycles. The van der Waals surface area contributed by atoms with Crippen LogP contribution in [-0.2, 0) is 11.3 Å². The maximum Gasteiger partial charge on any atom is 0.288 e. The first-order chi connectivity index (χ1) is 9.58. The molecule has 1 fully saturated rings. The van der Waals surface area contributed by atoms with E-state index < -0.39 is 4.92 Å². The summed E-state index contributed by atoms with van der Waals surface area (Å²) in [4.78, 5) is 23.9. The van der Waals surface area contributed by atoms with Gasteiger partial charge in [-0.2, -0.15) is 0 Å². The number of nitrogens with zero attached hydrogens (tertiary/aromatic N) is 2. The van der Waals surface area contributed by atoms with Gasteiger partial charge in [-0.3, -0.25) is 14.9 Å². The molecule has 1 saturated heterocycles. The summed E-state index contributed by atoms with van der Waals surface area (Å²) in [7, 11) is 0. The van der Waals surface area contributed by atoms with Gasteiger partial charge in [0.2, 0.25) is 5.91 Å². The van der Waals surface area contributed by atoms with E-state index in [1.807, 2.05) is 4.90 Å². The van der Waals surface area contributed by atoms with Gasteiger partial charge in [-0.05, 0) is 24.5 Å². The zero-order valence-corrected chi connectivity index (χ0v) is 11.7. The first-order valence-corrected chi connectivity index (χ1v) is 6.87. The van der Waals surface area contributed by atoms with Crippen LogP contribution in [0.15, 0.2) is 18.2 Å². The van der Waals surface area contributed by atoms with E-state index in [4.69, 9.17) is 11.6 Å². The molecule has 1 N–H and O–H groups in total. The van der Waals surface area contributed by atoms with Crippen molar-refractivity contribution in [2.75, 3.05) is 19.6 Å². The van der Waals surface area contributed by atoms with Gasteiger partial charge in [0.25, 0.3) is 5.69 Å². The molecular formula is C13H16ClN3O3. The lowest BCUT2D eigenvalue weighted by atomic mass is 10.2. The lowest BCUT2D eigenvalue weighted by Gasteiger charge is -2.15. The summed E-state index contributed by atoms with van der Waals surface area (Å²) in [6.45, 7) is 2.30. The first kappa shape index (κ1) is 14.7. The van der Waals surface area contributed by atoms with Gasteiger partial charge in [0.1, 0.15) is 5.02 Å². The standard InChI is InChI=1S/C13H16ClN3O3/c14-11-4-3-10(7-12(11)17(19)20)8-15-9-13(18)16-5-1-2-6-16/h3-4,7,15H,1-2,5-6,8-9H2. The number of amides is 1. The molecule has 6 nitrogen and oxygen atoms in total. The highest BCUT2D eigenvalue weighted by molar-refractivity contribution is 6.32. The Labute approximate surface area is 121 Å². The fourth-order valence-electron chi connectivity index (χ4n) is 2.20. The van der Waals surface area contributed by atoms with E-state index in [1.165, 1.54) is 12.1 Å². The predicted molar refractivity (Wildman–Crippen MR) is 75.6 cm³/mol. The van der Waals surface area contributed by atoms with Gasteiger partial charge in [-0.15, -0.1) is 0 Å². The van der Waals surface area contributed by atoms with Gasteiger partial charge in [0.05, 0.1) is 11.5 Å². The number of hydrogen-bond donors (Lipinski definition) is 1. The van der Waals surface area contributed by atoms with Gasteiger partial charge >= 0.3 is 0 Å². The molecule has 1 amide bonds. The van der Waals surface area contributed by atoms with Crippen LogP contribution in [0.5, 0.6) is 0 Å². The second-order valence-electron chi connectivity index (χ2n) is 4.73. The van der Waals surface area contributed by atoms with Gasteiger partial charge in [0.15, 0.2) is 0 Å². The minimum absolute atomic E-state index is 0.0750. The summed E-state index contributed by atoms with van der Waals surface area (Å²) in [6.07, 6.45) is 2.13. The number of nitro groups is 1. The number of rotatable bonds is 5. The topological polar surface area (TPSA) is 75.5 Å². The van der Waals surface area contributed by atoms with E-state index in [0.29, 0.717) is 6.54 Å². The largest absolute Gasteiger partial charge is 0.342 e. The highest BCUT2D eigenvalue weighted by Crippen LogP contribution is 2.24. The second kappa shape index (κ2) is 6.67. The van der Waals surface area contributed by atoms with Gasteiger partial charge in [0, 0.05) is 25.7 Å². The number of hydrogen-bond acceptors (Lipinski definition) is 4. The van der Waals surface area contributed by atoms with Gasteiger partial charge in [-0.25, -0.2) is 0 Å². The van der Waals surface area contributed by atoms with Crippen LogP contribution in [0, 0.1) is 10.1 Å². The third kappa shape index (κ3) is 3.68. The number of carbonyl (C=O) groups excluding carboxylic acids is 1. The Morgan fingerprint density at radius 1 is 1.40 bits per heavy atom. The summed E-state index contributed by atoms with van der Waals surface area (Å²) in [5, 5.41) is 13.9. The molecule has 20 heavy (non-hydrogen) atoms. The van der Waals surface area contributed by atoms with Crippen molar-refractivity contribution in [1.29, 1.82) is 0 Å². The molecule has 1 heterocycles. The van der Waals surface area contributed by atoms with Crippen LogP contribution in [-0.4, -0.2) is 35.4 Å². The van der Waals surface area contributed by atoms with Gasteiger partial charge < -0.3 is 10.2 Å².